The van der Waals surface area contributed by atoms with Crippen LogP contribution in [0.25, 0.3) is 0 Å². The summed E-state index contributed by atoms with van der Waals surface area (Å²) in [5.74, 6) is -0.114. The lowest BCUT2D eigenvalue weighted by atomic mass is 10.2. The Morgan fingerprint density at radius 1 is 1.26 bits per heavy atom. The van der Waals surface area contributed by atoms with Gasteiger partial charge in [-0.2, -0.15) is 0 Å². The largest absolute Gasteiger partial charge is 0.463 e. The third-order valence-corrected chi connectivity index (χ3v) is 3.79. The van der Waals surface area contributed by atoms with Crippen molar-refractivity contribution in [3.05, 3.63) is 23.7 Å². The minimum Gasteiger partial charge on any atom is -0.463 e. The van der Waals surface area contributed by atoms with Crippen molar-refractivity contribution in [2.24, 2.45) is 0 Å². The number of hydrogen-bond acceptors (Lipinski definition) is 6. The van der Waals surface area contributed by atoms with Crippen LogP contribution in [0.4, 0.5) is 0 Å². The van der Waals surface area contributed by atoms with Crippen molar-refractivity contribution in [3.8, 4) is 0 Å². The number of nitrogens with zero attached hydrogens (tertiary/aromatic N) is 2. The van der Waals surface area contributed by atoms with E-state index in [-0.39, 0.29) is 17.7 Å². The van der Waals surface area contributed by atoms with Gasteiger partial charge in [-0.05, 0) is 19.9 Å². The van der Waals surface area contributed by atoms with Crippen molar-refractivity contribution in [1.29, 1.82) is 0 Å². The number of furan rings is 1. The van der Waals surface area contributed by atoms with Crippen LogP contribution >= 0.6 is 0 Å². The molecule has 0 unspecified atom stereocenters. The van der Waals surface area contributed by atoms with Gasteiger partial charge in [0.15, 0.2) is 0 Å². The van der Waals surface area contributed by atoms with Crippen molar-refractivity contribution in [2.45, 2.75) is 26.4 Å². The number of rotatable bonds is 6. The number of methoxy groups -OCH3 is 1. The molecule has 1 N–H and O–H groups in total. The first kappa shape index (κ1) is 17.5. The highest BCUT2D eigenvalue weighted by atomic mass is 16.5. The first-order chi connectivity index (χ1) is 11.0. The first-order valence-electron chi connectivity index (χ1n) is 7.88. The highest BCUT2D eigenvalue weighted by Gasteiger charge is 2.22. The maximum absolute atomic E-state index is 11.8. The van der Waals surface area contributed by atoms with Crippen LogP contribution in [-0.4, -0.2) is 67.6 Å². The zero-order valence-electron chi connectivity index (χ0n) is 14.0. The Morgan fingerprint density at radius 3 is 2.52 bits per heavy atom. The summed E-state index contributed by atoms with van der Waals surface area (Å²) in [6.45, 7) is 8.35. The summed E-state index contributed by atoms with van der Waals surface area (Å²) < 4.78 is 9.92. The van der Waals surface area contributed by atoms with Crippen molar-refractivity contribution < 1.29 is 18.7 Å². The molecule has 7 heteroatoms. The van der Waals surface area contributed by atoms with Crippen LogP contribution in [0.5, 0.6) is 0 Å². The van der Waals surface area contributed by atoms with E-state index in [4.69, 9.17) is 9.15 Å². The summed E-state index contributed by atoms with van der Waals surface area (Å²) in [6.07, 6.45) is 1.51. The van der Waals surface area contributed by atoms with Crippen LogP contribution < -0.4 is 5.32 Å². The summed E-state index contributed by atoms with van der Waals surface area (Å²) in [5, 5.41) is 2.91. The Kier molecular flexibility index (Phi) is 6.18. The van der Waals surface area contributed by atoms with Gasteiger partial charge in [-0.1, -0.05) is 0 Å². The molecule has 0 aliphatic carbocycles. The number of carbonyl (C=O) groups excluding carboxylic acids is 2. The van der Waals surface area contributed by atoms with Gasteiger partial charge in [0.2, 0.25) is 11.7 Å². The molecule has 1 aliphatic rings. The Hall–Kier alpha value is -1.86. The van der Waals surface area contributed by atoms with E-state index in [9.17, 15) is 9.59 Å². The standard InChI is InChI=1S/C16H25N3O4/c1-12(2)17-14(20)11-19-7-5-18(6-8-19)10-13-4-9-23-15(13)16(21)22-3/h4,9,12H,5-8,10-11H2,1-3H3,(H,17,20). The fraction of sp³-hybridized carbons (Fsp3) is 0.625. The minimum atomic E-state index is -0.450. The fourth-order valence-corrected chi connectivity index (χ4v) is 2.65. The van der Waals surface area contributed by atoms with Crippen LogP contribution in [0.2, 0.25) is 0 Å². The van der Waals surface area contributed by atoms with E-state index in [1.54, 1.807) is 6.07 Å². The van der Waals surface area contributed by atoms with Crippen LogP contribution in [0.3, 0.4) is 0 Å². The van der Waals surface area contributed by atoms with Crippen molar-refractivity contribution in [2.75, 3.05) is 39.8 Å². The minimum absolute atomic E-state index is 0.0660. The predicted molar refractivity (Wildman–Crippen MR) is 85.0 cm³/mol. The molecule has 0 aromatic carbocycles. The fourth-order valence-electron chi connectivity index (χ4n) is 2.65. The molecule has 128 valence electrons. The highest BCUT2D eigenvalue weighted by Crippen LogP contribution is 2.15. The van der Waals surface area contributed by atoms with Gasteiger partial charge in [0.05, 0.1) is 19.9 Å². The maximum atomic E-state index is 11.8. The van der Waals surface area contributed by atoms with Gasteiger partial charge in [0.25, 0.3) is 0 Å². The smallest absolute Gasteiger partial charge is 0.374 e. The number of piperazine rings is 1. The number of carbonyl (C=O) groups is 2. The number of amides is 1. The molecule has 1 fully saturated rings. The SMILES string of the molecule is COC(=O)c1occc1CN1CCN(CC(=O)NC(C)C)CC1. The molecule has 1 amide bonds. The quantitative estimate of drug-likeness (QED) is 0.777. The molecule has 2 rings (SSSR count). The molecule has 0 radical (unpaired) electrons. The first-order valence-corrected chi connectivity index (χ1v) is 7.88. The lowest BCUT2D eigenvalue weighted by molar-refractivity contribution is -0.123. The van der Waals surface area contributed by atoms with E-state index in [1.165, 1.54) is 13.4 Å². The molecule has 0 saturated carbocycles. The number of esters is 1. The summed E-state index contributed by atoms with van der Waals surface area (Å²) in [7, 11) is 1.34. The molecule has 0 atom stereocenters. The number of ether oxygens (including phenoxy) is 1. The number of hydrogen-bond donors (Lipinski definition) is 1. The summed E-state index contributed by atoms with van der Waals surface area (Å²) in [4.78, 5) is 27.8. The van der Waals surface area contributed by atoms with Gasteiger partial charge in [0, 0.05) is 44.3 Å². The van der Waals surface area contributed by atoms with Crippen molar-refractivity contribution >= 4 is 11.9 Å². The third-order valence-electron chi connectivity index (χ3n) is 3.79. The summed E-state index contributed by atoms with van der Waals surface area (Å²) in [6, 6.07) is 1.97. The summed E-state index contributed by atoms with van der Waals surface area (Å²) in [5.41, 5.74) is 0.836. The zero-order valence-corrected chi connectivity index (χ0v) is 14.0. The molecule has 1 aromatic heterocycles. The lowest BCUT2D eigenvalue weighted by Gasteiger charge is -2.34. The van der Waals surface area contributed by atoms with Gasteiger partial charge < -0.3 is 14.5 Å². The van der Waals surface area contributed by atoms with E-state index in [2.05, 4.69) is 15.1 Å². The molecule has 23 heavy (non-hydrogen) atoms. The van der Waals surface area contributed by atoms with E-state index in [0.717, 1.165) is 31.7 Å². The maximum Gasteiger partial charge on any atom is 0.374 e. The van der Waals surface area contributed by atoms with E-state index < -0.39 is 5.97 Å². The number of nitrogens with one attached hydrogen (secondary N) is 1. The Bertz CT molecular complexity index is 533. The Labute approximate surface area is 136 Å². The van der Waals surface area contributed by atoms with Crippen molar-refractivity contribution in [3.63, 3.8) is 0 Å². The van der Waals surface area contributed by atoms with Gasteiger partial charge in [-0.15, -0.1) is 0 Å². The van der Waals surface area contributed by atoms with E-state index >= 15 is 0 Å². The van der Waals surface area contributed by atoms with Gasteiger partial charge in [-0.25, -0.2) is 4.79 Å². The van der Waals surface area contributed by atoms with Crippen LogP contribution in [-0.2, 0) is 16.1 Å². The highest BCUT2D eigenvalue weighted by molar-refractivity contribution is 5.87. The normalized spacial score (nSPS) is 16.5. The van der Waals surface area contributed by atoms with Crippen molar-refractivity contribution in [1.82, 2.24) is 15.1 Å². The molecular weight excluding hydrogens is 298 g/mol. The summed E-state index contributed by atoms with van der Waals surface area (Å²) >= 11 is 0. The third kappa shape index (κ3) is 5.07. The monoisotopic (exact) mass is 323 g/mol. The molecule has 1 saturated heterocycles. The second-order valence-corrected chi connectivity index (χ2v) is 6.04. The molecule has 0 spiro atoms. The van der Waals surface area contributed by atoms with Crippen LogP contribution in [0.1, 0.15) is 30.0 Å². The molecule has 1 aromatic rings. The lowest BCUT2D eigenvalue weighted by Crippen LogP contribution is -2.49. The Morgan fingerprint density at radius 2 is 1.91 bits per heavy atom. The van der Waals surface area contributed by atoms with Gasteiger partial charge in [0.1, 0.15) is 0 Å². The predicted octanol–water partition coefficient (Wildman–Crippen LogP) is 0.708. The average molecular weight is 323 g/mol. The molecular formula is C16H25N3O4. The van der Waals surface area contributed by atoms with E-state index in [0.29, 0.717) is 13.1 Å². The van der Waals surface area contributed by atoms with Gasteiger partial charge >= 0.3 is 5.97 Å². The molecule has 7 nitrogen and oxygen atoms in total. The van der Waals surface area contributed by atoms with E-state index in [1.807, 2.05) is 13.8 Å². The average Bonchev–Trinajstić information content (AvgIpc) is 2.95. The van der Waals surface area contributed by atoms with Crippen LogP contribution in [0.15, 0.2) is 16.7 Å². The van der Waals surface area contributed by atoms with Gasteiger partial charge in [-0.3, -0.25) is 14.6 Å². The zero-order chi connectivity index (χ0) is 16.8. The van der Waals surface area contributed by atoms with Crippen LogP contribution in [0, 0.1) is 0 Å². The molecule has 2 heterocycles. The second-order valence-electron chi connectivity index (χ2n) is 6.04. The topological polar surface area (TPSA) is 75.0 Å². The molecule has 0 bridgehead atoms. The molecule has 1 aliphatic heterocycles. The Balaban J connectivity index is 1.80. The second kappa shape index (κ2) is 8.12.